The van der Waals surface area contributed by atoms with Crippen LogP contribution >= 0.6 is 0 Å². The smallest absolute Gasteiger partial charge is 0.253 e. The lowest BCUT2D eigenvalue weighted by atomic mass is 9.99. The highest BCUT2D eigenvalue weighted by molar-refractivity contribution is 5.63. The van der Waals surface area contributed by atoms with Gasteiger partial charge in [0.2, 0.25) is 0 Å². The second-order valence-corrected chi connectivity index (χ2v) is 6.72. The van der Waals surface area contributed by atoms with E-state index in [-0.39, 0.29) is 5.56 Å². The van der Waals surface area contributed by atoms with Gasteiger partial charge in [0.1, 0.15) is 0 Å². The second kappa shape index (κ2) is 6.71. The Labute approximate surface area is 138 Å². The average Bonchev–Trinajstić information content (AvgIpc) is 2.59. The van der Waals surface area contributed by atoms with Gasteiger partial charge in [-0.2, -0.15) is 0 Å². The zero-order chi connectivity index (χ0) is 16.4. The maximum atomic E-state index is 11.8. The molecule has 0 radical (unpaired) electrons. The summed E-state index contributed by atoms with van der Waals surface area (Å²) in [7, 11) is 1.81. The van der Waals surface area contributed by atoms with E-state index in [2.05, 4.69) is 36.1 Å². The van der Waals surface area contributed by atoms with Crippen molar-refractivity contribution in [2.45, 2.75) is 39.2 Å². The zero-order valence-corrected chi connectivity index (χ0v) is 14.4. The molecule has 1 saturated heterocycles. The van der Waals surface area contributed by atoms with Gasteiger partial charge in [-0.25, -0.2) is 0 Å². The van der Waals surface area contributed by atoms with Gasteiger partial charge in [0.05, 0.1) is 0 Å². The highest BCUT2D eigenvalue weighted by Gasteiger charge is 2.18. The molecule has 1 atom stereocenters. The number of hydrogen-bond donors (Lipinski definition) is 0. The summed E-state index contributed by atoms with van der Waals surface area (Å²) in [5.41, 5.74) is 4.50. The molecule has 1 unspecified atom stereocenters. The maximum Gasteiger partial charge on any atom is 0.253 e. The van der Waals surface area contributed by atoms with Crippen molar-refractivity contribution in [1.82, 2.24) is 9.47 Å². The maximum absolute atomic E-state index is 11.8. The van der Waals surface area contributed by atoms with E-state index in [1.54, 1.807) is 4.57 Å². The van der Waals surface area contributed by atoms with E-state index in [4.69, 9.17) is 0 Å². The minimum absolute atomic E-state index is 0.0732. The molecule has 3 heteroatoms. The van der Waals surface area contributed by atoms with Crippen LogP contribution in [0, 0.1) is 6.92 Å². The van der Waals surface area contributed by atoms with Crippen LogP contribution in [0.5, 0.6) is 0 Å². The molecule has 2 heterocycles. The first kappa shape index (κ1) is 16.0. The fourth-order valence-electron chi connectivity index (χ4n) is 3.51. The topological polar surface area (TPSA) is 25.2 Å². The SMILES string of the molecule is Cc1cc(-c2ccc(C(C)N3CCCCC3)cc2)cn(C)c1=O. The Balaban J connectivity index is 1.83. The molecular formula is C20H26N2O. The third kappa shape index (κ3) is 3.40. The summed E-state index contributed by atoms with van der Waals surface area (Å²) >= 11 is 0. The van der Waals surface area contributed by atoms with Crippen molar-refractivity contribution in [3.8, 4) is 11.1 Å². The van der Waals surface area contributed by atoms with Crippen LogP contribution < -0.4 is 5.56 Å². The summed E-state index contributed by atoms with van der Waals surface area (Å²) in [6.07, 6.45) is 5.92. The molecule has 0 saturated carbocycles. The van der Waals surface area contributed by atoms with Gasteiger partial charge in [-0.15, -0.1) is 0 Å². The molecule has 1 aliphatic heterocycles. The summed E-state index contributed by atoms with van der Waals surface area (Å²) in [5.74, 6) is 0. The molecule has 0 amide bonds. The number of nitrogens with zero attached hydrogens (tertiary/aromatic N) is 2. The first-order valence-corrected chi connectivity index (χ1v) is 8.58. The van der Waals surface area contributed by atoms with E-state index in [9.17, 15) is 4.79 Å². The van der Waals surface area contributed by atoms with E-state index < -0.39 is 0 Å². The van der Waals surface area contributed by atoms with Gasteiger partial charge in [0.15, 0.2) is 0 Å². The Bertz CT molecular complexity index is 698. The van der Waals surface area contributed by atoms with Crippen molar-refractivity contribution < 1.29 is 0 Å². The fourth-order valence-corrected chi connectivity index (χ4v) is 3.51. The normalized spacial score (nSPS) is 17.2. The van der Waals surface area contributed by atoms with Gasteiger partial charge in [-0.05, 0) is 62.5 Å². The predicted octanol–water partition coefficient (Wildman–Crippen LogP) is 3.91. The number of likely N-dealkylation sites (tertiary alicyclic amines) is 1. The van der Waals surface area contributed by atoms with E-state index in [0.29, 0.717) is 6.04 Å². The minimum atomic E-state index is 0.0732. The van der Waals surface area contributed by atoms with Gasteiger partial charge < -0.3 is 4.57 Å². The summed E-state index contributed by atoms with van der Waals surface area (Å²) < 4.78 is 1.66. The number of aryl methyl sites for hydroxylation is 2. The van der Waals surface area contributed by atoms with Crippen LogP contribution in [0.3, 0.4) is 0 Å². The molecule has 0 spiro atoms. The summed E-state index contributed by atoms with van der Waals surface area (Å²) in [6.45, 7) is 6.60. The molecule has 0 N–H and O–H groups in total. The molecule has 1 aromatic heterocycles. The lowest BCUT2D eigenvalue weighted by molar-refractivity contribution is 0.175. The molecule has 122 valence electrons. The van der Waals surface area contributed by atoms with Crippen LogP contribution in [0.2, 0.25) is 0 Å². The Morgan fingerprint density at radius 3 is 2.26 bits per heavy atom. The van der Waals surface area contributed by atoms with E-state index >= 15 is 0 Å². The molecule has 0 bridgehead atoms. The largest absolute Gasteiger partial charge is 0.318 e. The van der Waals surface area contributed by atoms with Crippen LogP contribution in [0.25, 0.3) is 11.1 Å². The number of aromatic nitrogens is 1. The third-order valence-electron chi connectivity index (χ3n) is 5.03. The lowest BCUT2D eigenvalue weighted by Gasteiger charge is -2.32. The van der Waals surface area contributed by atoms with Crippen LogP contribution in [-0.4, -0.2) is 22.6 Å². The average molecular weight is 310 g/mol. The highest BCUT2D eigenvalue weighted by Crippen LogP contribution is 2.26. The Morgan fingerprint density at radius 1 is 1.00 bits per heavy atom. The van der Waals surface area contributed by atoms with Gasteiger partial charge in [0, 0.05) is 24.8 Å². The second-order valence-electron chi connectivity index (χ2n) is 6.72. The van der Waals surface area contributed by atoms with Crippen molar-refractivity contribution in [2.24, 2.45) is 7.05 Å². The summed E-state index contributed by atoms with van der Waals surface area (Å²) in [5, 5.41) is 0. The first-order chi connectivity index (χ1) is 11.1. The Hall–Kier alpha value is -1.87. The number of rotatable bonds is 3. The quantitative estimate of drug-likeness (QED) is 0.859. The van der Waals surface area contributed by atoms with Crippen molar-refractivity contribution in [1.29, 1.82) is 0 Å². The van der Waals surface area contributed by atoms with Crippen molar-refractivity contribution in [3.63, 3.8) is 0 Å². The fraction of sp³-hybridized carbons (Fsp3) is 0.450. The van der Waals surface area contributed by atoms with E-state index in [1.165, 1.54) is 43.5 Å². The third-order valence-corrected chi connectivity index (χ3v) is 5.03. The van der Waals surface area contributed by atoms with Crippen LogP contribution in [-0.2, 0) is 7.05 Å². The van der Waals surface area contributed by atoms with E-state index in [1.807, 2.05) is 26.2 Å². The number of pyridine rings is 1. The van der Waals surface area contributed by atoms with Crippen LogP contribution in [0.4, 0.5) is 0 Å². The van der Waals surface area contributed by atoms with Gasteiger partial charge in [0.25, 0.3) is 5.56 Å². The van der Waals surface area contributed by atoms with Crippen LogP contribution in [0.1, 0.15) is 43.4 Å². The molecule has 3 nitrogen and oxygen atoms in total. The van der Waals surface area contributed by atoms with Gasteiger partial charge in [-0.1, -0.05) is 30.7 Å². The summed E-state index contributed by atoms with van der Waals surface area (Å²) in [4.78, 5) is 14.4. The Kier molecular flexibility index (Phi) is 4.67. The lowest BCUT2D eigenvalue weighted by Crippen LogP contribution is -2.32. The predicted molar refractivity (Wildman–Crippen MR) is 95.7 cm³/mol. The molecule has 0 aliphatic carbocycles. The Morgan fingerprint density at radius 2 is 1.65 bits per heavy atom. The number of hydrogen-bond acceptors (Lipinski definition) is 2. The summed E-state index contributed by atoms with van der Waals surface area (Å²) in [6, 6.07) is 11.3. The molecule has 3 rings (SSSR count). The standard InChI is InChI=1S/C20H26N2O/c1-15-13-19(14-21(3)20(15)23)18-9-7-17(8-10-18)16(2)22-11-5-4-6-12-22/h7-10,13-14,16H,4-6,11-12H2,1-3H3. The number of piperidine rings is 1. The number of benzene rings is 1. The molecular weight excluding hydrogens is 284 g/mol. The molecule has 1 aromatic carbocycles. The minimum Gasteiger partial charge on any atom is -0.318 e. The van der Waals surface area contributed by atoms with E-state index in [0.717, 1.165) is 11.1 Å². The van der Waals surface area contributed by atoms with Crippen molar-refractivity contribution >= 4 is 0 Å². The monoisotopic (exact) mass is 310 g/mol. The van der Waals surface area contributed by atoms with Gasteiger partial charge in [-0.3, -0.25) is 9.69 Å². The molecule has 2 aromatic rings. The highest BCUT2D eigenvalue weighted by atomic mass is 16.1. The first-order valence-electron chi connectivity index (χ1n) is 8.58. The van der Waals surface area contributed by atoms with Crippen molar-refractivity contribution in [3.05, 3.63) is 58.0 Å². The molecule has 1 fully saturated rings. The molecule has 1 aliphatic rings. The van der Waals surface area contributed by atoms with Crippen LogP contribution in [0.15, 0.2) is 41.3 Å². The molecule has 23 heavy (non-hydrogen) atoms. The zero-order valence-electron chi connectivity index (χ0n) is 14.4. The van der Waals surface area contributed by atoms with Crippen molar-refractivity contribution in [2.75, 3.05) is 13.1 Å². The van der Waals surface area contributed by atoms with Gasteiger partial charge >= 0.3 is 0 Å².